The highest BCUT2D eigenvalue weighted by Gasteiger charge is 2.16. The van der Waals surface area contributed by atoms with Crippen LogP contribution < -0.4 is 0 Å². The molecule has 0 aromatic carbocycles. The first-order valence-electron chi connectivity index (χ1n) is 17.8. The van der Waals surface area contributed by atoms with Gasteiger partial charge in [0.05, 0.1) is 26.9 Å². The molecule has 0 heterocycles. The summed E-state index contributed by atoms with van der Waals surface area (Å²) < 4.78 is 10.9. The van der Waals surface area contributed by atoms with Gasteiger partial charge in [0, 0.05) is 13.7 Å². The fourth-order valence-electron chi connectivity index (χ4n) is 5.54. The quantitative estimate of drug-likeness (QED) is 0.0430. The Hall–Kier alpha value is -0.200. The average Bonchev–Trinajstić information content (AvgIpc) is 2.96. The van der Waals surface area contributed by atoms with Gasteiger partial charge in [-0.15, -0.1) is 0 Å². The molecule has 40 heavy (non-hydrogen) atoms. The third-order valence-electron chi connectivity index (χ3n) is 8.09. The van der Waals surface area contributed by atoms with Gasteiger partial charge in [-0.3, -0.25) is 0 Å². The minimum Gasteiger partial charge on any atom is -0.382 e. The summed E-state index contributed by atoms with van der Waals surface area (Å²) in [5.74, 6) is 0. The van der Waals surface area contributed by atoms with E-state index < -0.39 is 0 Å². The molecule has 1 atom stereocenters. The lowest BCUT2D eigenvalue weighted by Crippen LogP contribution is -2.38. The maximum Gasteiger partial charge on any atom is 0.129 e. The Bertz CT molecular complexity index is 423. The van der Waals surface area contributed by atoms with Gasteiger partial charge < -0.3 is 14.4 Å². The van der Waals surface area contributed by atoms with Crippen molar-refractivity contribution >= 4 is 0 Å². The Balaban J connectivity index is 4.14. The first-order valence-corrected chi connectivity index (χ1v) is 17.8. The Morgan fingerprint density at radius 1 is 0.475 bits per heavy atom. The van der Waals surface area contributed by atoms with Crippen molar-refractivity contribution in [3.05, 3.63) is 0 Å². The lowest BCUT2D eigenvalue weighted by molar-refractivity contribution is -0.313. The van der Waals surface area contributed by atoms with E-state index >= 15 is 0 Å². The van der Waals surface area contributed by atoms with Gasteiger partial charge in [-0.05, 0) is 25.9 Å². The summed E-state index contributed by atoms with van der Waals surface area (Å²) in [5, 5.41) is 0. The minimum atomic E-state index is -0.0588. The van der Waals surface area contributed by atoms with E-state index in [1.165, 1.54) is 154 Å². The van der Waals surface area contributed by atoms with Gasteiger partial charge >= 0.3 is 0 Å². The van der Waals surface area contributed by atoms with Crippen molar-refractivity contribution in [2.24, 2.45) is 0 Å². The van der Waals surface area contributed by atoms with Crippen LogP contribution in [-0.2, 0) is 19.2 Å². The van der Waals surface area contributed by atoms with Crippen molar-refractivity contribution < 1.29 is 19.2 Å². The third-order valence-corrected chi connectivity index (χ3v) is 8.09. The number of nitrogens with zero attached hydrogens (tertiary/aromatic N) is 1. The van der Waals surface area contributed by atoms with Crippen LogP contribution in [0.25, 0.3) is 0 Å². The Morgan fingerprint density at radius 3 is 1.20 bits per heavy atom. The monoisotopic (exact) mass is 572 g/mol. The Labute approximate surface area is 251 Å². The van der Waals surface area contributed by atoms with Crippen LogP contribution in [-0.4, -0.2) is 64.7 Å². The molecule has 0 saturated heterocycles. The van der Waals surface area contributed by atoms with E-state index in [1.807, 2.05) is 0 Å². The molecule has 0 spiro atoms. The zero-order valence-corrected chi connectivity index (χ0v) is 27.9. The second kappa shape index (κ2) is 35.0. The van der Waals surface area contributed by atoms with Gasteiger partial charge in [0.25, 0.3) is 0 Å². The maximum atomic E-state index is 5.77. The molecule has 0 bridgehead atoms. The van der Waals surface area contributed by atoms with E-state index in [9.17, 15) is 0 Å². The predicted octanol–water partition coefficient (Wildman–Crippen LogP) is 10.3. The Morgan fingerprint density at radius 2 is 0.850 bits per heavy atom. The van der Waals surface area contributed by atoms with Crippen LogP contribution in [0.3, 0.4) is 0 Å². The summed E-state index contributed by atoms with van der Waals surface area (Å²) in [6, 6.07) is 0. The highest BCUT2D eigenvalue weighted by molar-refractivity contribution is 4.66. The molecule has 0 N–H and O–H groups in total. The van der Waals surface area contributed by atoms with E-state index in [-0.39, 0.29) is 6.10 Å². The molecule has 0 aliphatic heterocycles. The third kappa shape index (κ3) is 30.8. The molecule has 242 valence electrons. The van der Waals surface area contributed by atoms with E-state index in [0.717, 1.165) is 19.6 Å². The van der Waals surface area contributed by atoms with Gasteiger partial charge in [0.1, 0.15) is 6.10 Å². The fourth-order valence-corrected chi connectivity index (χ4v) is 5.54. The first-order chi connectivity index (χ1) is 19.8. The Kier molecular flexibility index (Phi) is 34.8. The number of unbranched alkanes of at least 4 members (excludes halogenated alkanes) is 22. The van der Waals surface area contributed by atoms with E-state index in [1.54, 1.807) is 14.2 Å². The molecule has 0 fully saturated rings. The number of ether oxygens (including phenoxy) is 2. The molecular weight excluding hydrogens is 498 g/mol. The van der Waals surface area contributed by atoms with E-state index in [4.69, 9.17) is 19.2 Å². The van der Waals surface area contributed by atoms with Crippen LogP contribution in [0.1, 0.15) is 168 Å². The maximum absolute atomic E-state index is 5.77. The van der Waals surface area contributed by atoms with Gasteiger partial charge in [-0.25, -0.2) is 9.78 Å². The van der Waals surface area contributed by atoms with E-state index in [2.05, 4.69) is 18.7 Å². The number of methoxy groups -OCH3 is 1. The highest BCUT2D eigenvalue weighted by atomic mass is 17.2. The van der Waals surface area contributed by atoms with Crippen molar-refractivity contribution in [3.8, 4) is 0 Å². The zero-order valence-electron chi connectivity index (χ0n) is 27.9. The van der Waals surface area contributed by atoms with Crippen molar-refractivity contribution in [2.45, 2.75) is 174 Å². The van der Waals surface area contributed by atoms with Gasteiger partial charge in [0.2, 0.25) is 0 Å². The van der Waals surface area contributed by atoms with Crippen molar-refractivity contribution in [2.75, 3.05) is 53.7 Å². The molecule has 0 saturated carbocycles. The summed E-state index contributed by atoms with van der Waals surface area (Å²) in [6.45, 7) is 9.51. The second-order valence-corrected chi connectivity index (χ2v) is 12.0. The fraction of sp³-hybridized carbons (Fsp3) is 1.00. The van der Waals surface area contributed by atoms with Crippen molar-refractivity contribution in [1.29, 1.82) is 0 Å². The first kappa shape index (κ1) is 39.8. The molecule has 0 aromatic rings. The zero-order chi connectivity index (χ0) is 29.2. The molecule has 0 aliphatic rings. The van der Waals surface area contributed by atoms with Crippen LogP contribution in [0.4, 0.5) is 0 Å². The smallest absolute Gasteiger partial charge is 0.129 e. The lowest BCUT2D eigenvalue weighted by Gasteiger charge is -2.26. The molecule has 0 amide bonds. The van der Waals surface area contributed by atoms with Crippen LogP contribution in [0.2, 0.25) is 0 Å². The summed E-state index contributed by atoms with van der Waals surface area (Å²) in [6.07, 6.45) is 33.4. The normalized spacial score (nSPS) is 12.5. The molecule has 5 nitrogen and oxygen atoms in total. The number of rotatable bonds is 35. The van der Waals surface area contributed by atoms with Gasteiger partial charge in [0.15, 0.2) is 0 Å². The van der Waals surface area contributed by atoms with Crippen molar-refractivity contribution in [1.82, 2.24) is 4.90 Å². The van der Waals surface area contributed by atoms with Crippen LogP contribution >= 0.6 is 0 Å². The second-order valence-electron chi connectivity index (χ2n) is 12.0. The largest absolute Gasteiger partial charge is 0.382 e. The van der Waals surface area contributed by atoms with Crippen LogP contribution in [0, 0.1) is 0 Å². The summed E-state index contributed by atoms with van der Waals surface area (Å²) in [4.78, 5) is 13.2. The topological polar surface area (TPSA) is 40.2 Å². The van der Waals surface area contributed by atoms with Crippen LogP contribution in [0.15, 0.2) is 0 Å². The standard InChI is InChI=1S/C35H73NO4/c1-5-7-9-11-13-15-17-19-21-23-25-27-29-36(33-35(40-38-4)34-39-32-31-37-3)30-28-26-24-22-20-18-16-14-12-10-8-6-2/h35H,5-34H2,1-4H3. The van der Waals surface area contributed by atoms with Gasteiger partial charge in [-0.2, -0.15) is 0 Å². The van der Waals surface area contributed by atoms with Crippen molar-refractivity contribution in [3.63, 3.8) is 0 Å². The molecule has 0 rings (SSSR count). The summed E-state index contributed by atoms with van der Waals surface area (Å²) in [5.41, 5.74) is 0. The van der Waals surface area contributed by atoms with Crippen LogP contribution in [0.5, 0.6) is 0 Å². The molecule has 0 aliphatic carbocycles. The number of hydrogen-bond donors (Lipinski definition) is 0. The summed E-state index contributed by atoms with van der Waals surface area (Å²) in [7, 11) is 3.31. The molecule has 5 heteroatoms. The van der Waals surface area contributed by atoms with E-state index in [0.29, 0.717) is 19.8 Å². The summed E-state index contributed by atoms with van der Waals surface area (Å²) >= 11 is 0. The lowest BCUT2D eigenvalue weighted by atomic mass is 10.0. The SMILES string of the molecule is CCCCCCCCCCCCCCN(CCCCCCCCCCCCCC)CC(COCCOC)OOC. The molecular formula is C35H73NO4. The number of hydrogen-bond acceptors (Lipinski definition) is 5. The average molecular weight is 572 g/mol. The van der Waals surface area contributed by atoms with Gasteiger partial charge in [-0.1, -0.05) is 155 Å². The molecule has 1 unspecified atom stereocenters. The predicted molar refractivity (Wildman–Crippen MR) is 173 cm³/mol. The molecule has 0 radical (unpaired) electrons. The minimum absolute atomic E-state index is 0.0588. The molecule has 0 aromatic heterocycles. The highest BCUT2D eigenvalue weighted by Crippen LogP contribution is 2.14.